The van der Waals surface area contributed by atoms with Gasteiger partial charge in [0, 0.05) is 18.2 Å². The second kappa shape index (κ2) is 11.0. The van der Waals surface area contributed by atoms with Gasteiger partial charge in [-0.05, 0) is 29.0 Å². The Kier molecular flexibility index (Phi) is 8.62. The lowest BCUT2D eigenvalue weighted by atomic mass is 9.84. The fourth-order valence-corrected chi connectivity index (χ4v) is 3.73. The van der Waals surface area contributed by atoms with Crippen molar-refractivity contribution >= 4 is 17.7 Å². The van der Waals surface area contributed by atoms with Gasteiger partial charge in [0.05, 0.1) is 6.54 Å². The van der Waals surface area contributed by atoms with Crippen LogP contribution in [0, 0.1) is 0 Å². The first-order valence-corrected chi connectivity index (χ1v) is 10.8. The van der Waals surface area contributed by atoms with Gasteiger partial charge in [-0.3, -0.25) is 19.2 Å². The Morgan fingerprint density at radius 2 is 1.85 bits per heavy atom. The number of amides is 1. The molecule has 1 aromatic carbocycles. The fourth-order valence-electron chi connectivity index (χ4n) is 3.73. The normalized spacial score (nSPS) is 13.2. The van der Waals surface area contributed by atoms with Crippen LogP contribution >= 0.6 is 0 Å². The van der Waals surface area contributed by atoms with E-state index in [1.165, 1.54) is 12.3 Å². The minimum Gasteiger partial charge on any atom is -0.481 e. The molecular formula is C24H30FN3O5. The van der Waals surface area contributed by atoms with Gasteiger partial charge in [0.2, 0.25) is 5.91 Å². The number of ketones is 1. The summed E-state index contributed by atoms with van der Waals surface area (Å²) in [5.41, 5.74) is 0.640. The molecule has 0 radical (unpaired) electrons. The largest absolute Gasteiger partial charge is 0.481 e. The van der Waals surface area contributed by atoms with Crippen molar-refractivity contribution in [3.05, 3.63) is 63.6 Å². The van der Waals surface area contributed by atoms with Gasteiger partial charge < -0.3 is 10.4 Å². The standard InChI is InChI=1S/C24H30FN3O5/c1-5-8-19(30)27-21(18(29)13-25)20(23(32)33)16-11-12-26-28(22(16)31)14-15-9-6-7-10-17(15)24(2,3)4/h6-7,9-12,20-21H,5,8,13-14H2,1-4H3,(H,27,30)(H,32,33). The average Bonchev–Trinajstić information content (AvgIpc) is 2.74. The van der Waals surface area contributed by atoms with E-state index in [-0.39, 0.29) is 23.9 Å². The van der Waals surface area contributed by atoms with Crippen molar-refractivity contribution in [1.29, 1.82) is 0 Å². The first-order chi connectivity index (χ1) is 15.5. The molecule has 0 bridgehead atoms. The summed E-state index contributed by atoms with van der Waals surface area (Å²) in [6.07, 6.45) is 1.75. The van der Waals surface area contributed by atoms with Gasteiger partial charge >= 0.3 is 5.97 Å². The number of carbonyl (C=O) groups excluding carboxylic acids is 2. The Hall–Kier alpha value is -3.36. The maximum atomic E-state index is 13.2. The number of hydrogen-bond acceptors (Lipinski definition) is 5. The third kappa shape index (κ3) is 6.34. The number of hydrogen-bond donors (Lipinski definition) is 2. The molecule has 1 aromatic heterocycles. The zero-order valence-electron chi connectivity index (χ0n) is 19.3. The van der Waals surface area contributed by atoms with Crippen molar-refractivity contribution in [2.45, 2.75) is 64.5 Å². The Morgan fingerprint density at radius 1 is 1.18 bits per heavy atom. The number of nitrogens with one attached hydrogen (secondary N) is 1. The fraction of sp³-hybridized carbons (Fsp3) is 0.458. The summed E-state index contributed by atoms with van der Waals surface area (Å²) in [4.78, 5) is 49.7. The van der Waals surface area contributed by atoms with E-state index in [0.717, 1.165) is 15.8 Å². The molecule has 0 saturated heterocycles. The Morgan fingerprint density at radius 3 is 2.42 bits per heavy atom. The first-order valence-electron chi connectivity index (χ1n) is 10.8. The minimum absolute atomic E-state index is 0.0343. The van der Waals surface area contributed by atoms with Crippen LogP contribution in [0.1, 0.15) is 63.1 Å². The maximum absolute atomic E-state index is 13.2. The van der Waals surface area contributed by atoms with Crippen LogP contribution in [0.4, 0.5) is 4.39 Å². The number of nitrogens with zero attached hydrogens (tertiary/aromatic N) is 2. The van der Waals surface area contributed by atoms with Crippen LogP contribution in [0.25, 0.3) is 0 Å². The molecule has 1 amide bonds. The van der Waals surface area contributed by atoms with E-state index >= 15 is 0 Å². The van der Waals surface area contributed by atoms with Gasteiger partial charge in [-0.25, -0.2) is 9.07 Å². The Bertz CT molecular complexity index is 1070. The molecule has 178 valence electrons. The third-order valence-corrected chi connectivity index (χ3v) is 5.29. The maximum Gasteiger partial charge on any atom is 0.313 e. The number of aromatic nitrogens is 2. The molecule has 1 heterocycles. The molecule has 0 saturated carbocycles. The zero-order valence-corrected chi connectivity index (χ0v) is 19.3. The molecule has 2 N–H and O–H groups in total. The third-order valence-electron chi connectivity index (χ3n) is 5.29. The second-order valence-electron chi connectivity index (χ2n) is 8.87. The Balaban J connectivity index is 2.54. The minimum atomic E-state index is -1.76. The number of carbonyl (C=O) groups is 3. The number of carboxylic acid groups (broad SMARTS) is 1. The first kappa shape index (κ1) is 25.9. The summed E-state index contributed by atoms with van der Waals surface area (Å²) >= 11 is 0. The molecular weight excluding hydrogens is 429 g/mol. The SMILES string of the molecule is CCCC(=O)NC(C(=O)CF)C(C(=O)O)c1ccnn(Cc2ccccc2C(C)(C)C)c1=O. The van der Waals surface area contributed by atoms with Crippen molar-refractivity contribution in [3.63, 3.8) is 0 Å². The van der Waals surface area contributed by atoms with Crippen LogP contribution in [0.3, 0.4) is 0 Å². The van der Waals surface area contributed by atoms with Gasteiger partial charge in [0.15, 0.2) is 5.78 Å². The van der Waals surface area contributed by atoms with Gasteiger partial charge in [-0.15, -0.1) is 0 Å². The molecule has 0 aliphatic heterocycles. The smallest absolute Gasteiger partial charge is 0.313 e. The number of rotatable bonds is 10. The highest BCUT2D eigenvalue weighted by Gasteiger charge is 2.38. The van der Waals surface area contributed by atoms with E-state index < -0.39 is 41.9 Å². The molecule has 0 fully saturated rings. The molecule has 2 atom stereocenters. The zero-order chi connectivity index (χ0) is 24.8. The molecule has 33 heavy (non-hydrogen) atoms. The number of carboxylic acids is 1. The van der Waals surface area contributed by atoms with Crippen LogP contribution in [0.2, 0.25) is 0 Å². The number of Topliss-reactive ketones (excluding diaryl/α,β-unsaturated/α-hetero) is 1. The predicted molar refractivity (Wildman–Crippen MR) is 121 cm³/mol. The van der Waals surface area contributed by atoms with Crippen LogP contribution < -0.4 is 10.9 Å². The summed E-state index contributed by atoms with van der Waals surface area (Å²) in [5.74, 6) is -4.99. The van der Waals surface area contributed by atoms with E-state index in [1.807, 2.05) is 45.0 Å². The van der Waals surface area contributed by atoms with Crippen molar-refractivity contribution in [1.82, 2.24) is 15.1 Å². The van der Waals surface area contributed by atoms with Gasteiger partial charge in [-0.1, -0.05) is 52.0 Å². The van der Waals surface area contributed by atoms with E-state index in [0.29, 0.717) is 6.42 Å². The summed E-state index contributed by atoms with van der Waals surface area (Å²) < 4.78 is 14.4. The van der Waals surface area contributed by atoms with Crippen LogP contribution in [-0.2, 0) is 26.3 Å². The van der Waals surface area contributed by atoms with Crippen molar-refractivity contribution in [2.75, 3.05) is 6.67 Å². The van der Waals surface area contributed by atoms with Gasteiger partial charge in [0.1, 0.15) is 18.6 Å². The number of alkyl halides is 1. The van der Waals surface area contributed by atoms with Crippen molar-refractivity contribution < 1.29 is 23.9 Å². The number of halogens is 1. The van der Waals surface area contributed by atoms with Gasteiger partial charge in [0.25, 0.3) is 5.56 Å². The van der Waals surface area contributed by atoms with Crippen LogP contribution in [0.15, 0.2) is 41.3 Å². The Labute approximate surface area is 191 Å². The van der Waals surface area contributed by atoms with Crippen LogP contribution in [-0.4, -0.2) is 45.3 Å². The monoisotopic (exact) mass is 459 g/mol. The lowest BCUT2D eigenvalue weighted by molar-refractivity contribution is -0.142. The molecule has 2 aromatic rings. The lowest BCUT2D eigenvalue weighted by Crippen LogP contribution is -2.49. The van der Waals surface area contributed by atoms with E-state index in [9.17, 15) is 28.7 Å². The summed E-state index contributed by atoms with van der Waals surface area (Å²) in [6.45, 7) is 6.44. The quantitative estimate of drug-likeness (QED) is 0.564. The van der Waals surface area contributed by atoms with Crippen molar-refractivity contribution in [2.24, 2.45) is 0 Å². The highest BCUT2D eigenvalue weighted by Crippen LogP contribution is 2.26. The topological polar surface area (TPSA) is 118 Å². The van der Waals surface area contributed by atoms with E-state index in [1.54, 1.807) is 6.92 Å². The number of aliphatic carboxylic acids is 1. The van der Waals surface area contributed by atoms with E-state index in [4.69, 9.17) is 0 Å². The second-order valence-corrected chi connectivity index (χ2v) is 8.87. The highest BCUT2D eigenvalue weighted by molar-refractivity contribution is 5.95. The van der Waals surface area contributed by atoms with Crippen LogP contribution in [0.5, 0.6) is 0 Å². The summed E-state index contributed by atoms with van der Waals surface area (Å²) in [5, 5.41) is 16.2. The van der Waals surface area contributed by atoms with Gasteiger partial charge in [-0.2, -0.15) is 5.10 Å². The summed E-state index contributed by atoms with van der Waals surface area (Å²) in [6, 6.07) is 7.01. The molecule has 0 aliphatic rings. The van der Waals surface area contributed by atoms with Crippen molar-refractivity contribution in [3.8, 4) is 0 Å². The molecule has 2 rings (SSSR count). The molecule has 2 unspecified atom stereocenters. The molecule has 0 aliphatic carbocycles. The predicted octanol–water partition coefficient (Wildman–Crippen LogP) is 2.58. The molecule has 8 nitrogen and oxygen atoms in total. The molecule has 9 heteroatoms. The summed E-state index contributed by atoms with van der Waals surface area (Å²) in [7, 11) is 0. The number of benzene rings is 1. The van der Waals surface area contributed by atoms with E-state index in [2.05, 4.69) is 10.4 Å². The highest BCUT2D eigenvalue weighted by atomic mass is 19.1. The average molecular weight is 460 g/mol. The molecule has 0 spiro atoms. The lowest BCUT2D eigenvalue weighted by Gasteiger charge is -2.24.